The second-order valence-corrected chi connectivity index (χ2v) is 7.11. The molecule has 0 saturated heterocycles. The number of primary amides is 1. The van der Waals surface area contributed by atoms with E-state index in [9.17, 15) is 19.2 Å². The molecule has 0 unspecified atom stereocenters. The van der Waals surface area contributed by atoms with Crippen LogP contribution in [-0.2, 0) is 14.3 Å². The second kappa shape index (κ2) is 11.0. The molecule has 0 aromatic heterocycles. The fourth-order valence-corrected chi connectivity index (χ4v) is 2.47. The van der Waals surface area contributed by atoms with Crippen LogP contribution in [-0.4, -0.2) is 42.6 Å². The summed E-state index contributed by atoms with van der Waals surface area (Å²) in [6.07, 6.45) is -1.22. The Labute approximate surface area is 170 Å². The van der Waals surface area contributed by atoms with E-state index in [0.717, 1.165) is 0 Å². The molecule has 0 spiro atoms. The van der Waals surface area contributed by atoms with Crippen LogP contribution in [0, 0.1) is 11.8 Å². The van der Waals surface area contributed by atoms with Crippen molar-refractivity contribution in [1.82, 2.24) is 10.6 Å². The normalized spacial score (nSPS) is 12.8. The molecule has 2 atom stereocenters. The molecular weight excluding hydrogens is 378 g/mol. The predicted octanol–water partition coefficient (Wildman–Crippen LogP) is 1.60. The Morgan fingerprint density at radius 3 is 2.03 bits per heavy atom. The van der Waals surface area contributed by atoms with Gasteiger partial charge in [0.2, 0.25) is 0 Å². The quantitative estimate of drug-likeness (QED) is 0.532. The first kappa shape index (κ1) is 23.9. The largest absolute Gasteiger partial charge is 0.494 e. The number of nitrogens with two attached hydrogens (primary N) is 1. The van der Waals surface area contributed by atoms with Gasteiger partial charge in [0.25, 0.3) is 11.8 Å². The van der Waals surface area contributed by atoms with Gasteiger partial charge in [-0.25, -0.2) is 9.59 Å². The van der Waals surface area contributed by atoms with Gasteiger partial charge in [0, 0.05) is 5.56 Å². The van der Waals surface area contributed by atoms with Crippen molar-refractivity contribution in [3.63, 3.8) is 0 Å². The van der Waals surface area contributed by atoms with Crippen molar-refractivity contribution >= 4 is 23.8 Å². The van der Waals surface area contributed by atoms with E-state index >= 15 is 0 Å². The Morgan fingerprint density at radius 1 is 1.00 bits per heavy atom. The van der Waals surface area contributed by atoms with Gasteiger partial charge in [-0.15, -0.1) is 0 Å². The first-order valence-electron chi connectivity index (χ1n) is 9.41. The molecule has 0 saturated carbocycles. The van der Waals surface area contributed by atoms with Gasteiger partial charge in [-0.1, -0.05) is 27.7 Å². The molecule has 0 fully saturated rings. The van der Waals surface area contributed by atoms with Crippen LogP contribution in [0.3, 0.4) is 0 Å². The van der Waals surface area contributed by atoms with E-state index in [0.29, 0.717) is 17.9 Å². The van der Waals surface area contributed by atoms with E-state index in [1.807, 2.05) is 12.2 Å². The number of benzene rings is 1. The monoisotopic (exact) mass is 407 g/mol. The standard InChI is InChI=1S/C20H29N3O6/c1-6-28-14-9-7-13(8-10-14)17(24)22-15(11(2)3)19(26)29-16(12(4)5)18(25)23-20(21)27/h7-12,15-16H,6H2,1-5H3,(H,22,24)(H3,21,23,25,27)/t15-,16-/m0/s1. The van der Waals surface area contributed by atoms with Gasteiger partial charge in [-0.3, -0.25) is 14.9 Å². The molecule has 1 rings (SSSR count). The van der Waals surface area contributed by atoms with Gasteiger partial charge in [-0.2, -0.15) is 0 Å². The van der Waals surface area contributed by atoms with Crippen LogP contribution in [0.15, 0.2) is 24.3 Å². The average Bonchev–Trinajstić information content (AvgIpc) is 2.63. The first-order valence-corrected chi connectivity index (χ1v) is 9.41. The lowest BCUT2D eigenvalue weighted by molar-refractivity contribution is -0.161. The van der Waals surface area contributed by atoms with Crippen molar-refractivity contribution < 1.29 is 28.7 Å². The highest BCUT2D eigenvalue weighted by molar-refractivity contribution is 5.98. The average molecular weight is 407 g/mol. The number of amides is 4. The Bertz CT molecular complexity index is 730. The highest BCUT2D eigenvalue weighted by atomic mass is 16.6. The molecule has 0 aliphatic rings. The molecule has 9 heteroatoms. The molecule has 0 heterocycles. The number of carbonyl (C=O) groups excluding carboxylic acids is 4. The van der Waals surface area contributed by atoms with Gasteiger partial charge in [0.1, 0.15) is 11.8 Å². The number of carbonyl (C=O) groups is 4. The smallest absolute Gasteiger partial charge is 0.329 e. The van der Waals surface area contributed by atoms with Gasteiger partial charge < -0.3 is 20.5 Å². The second-order valence-electron chi connectivity index (χ2n) is 7.11. The molecule has 0 aliphatic heterocycles. The summed E-state index contributed by atoms with van der Waals surface area (Å²) >= 11 is 0. The molecule has 9 nitrogen and oxygen atoms in total. The zero-order valence-corrected chi connectivity index (χ0v) is 17.4. The number of nitrogens with one attached hydrogen (secondary N) is 2. The van der Waals surface area contributed by atoms with E-state index in [2.05, 4.69) is 5.32 Å². The summed E-state index contributed by atoms with van der Waals surface area (Å²) in [4.78, 5) is 48.2. The maximum Gasteiger partial charge on any atom is 0.329 e. The number of ether oxygens (including phenoxy) is 2. The topological polar surface area (TPSA) is 137 Å². The molecule has 0 bridgehead atoms. The maximum atomic E-state index is 12.6. The zero-order chi connectivity index (χ0) is 22.1. The molecule has 0 aliphatic carbocycles. The van der Waals surface area contributed by atoms with E-state index in [1.165, 1.54) is 0 Å². The Kier molecular flexibility index (Phi) is 9.11. The van der Waals surface area contributed by atoms with Crippen molar-refractivity contribution in [2.24, 2.45) is 17.6 Å². The number of urea groups is 1. The van der Waals surface area contributed by atoms with Crippen LogP contribution < -0.4 is 21.1 Å². The lowest BCUT2D eigenvalue weighted by Gasteiger charge is -2.25. The molecule has 1 aromatic carbocycles. The minimum atomic E-state index is -1.22. The lowest BCUT2D eigenvalue weighted by Crippen LogP contribution is -2.50. The van der Waals surface area contributed by atoms with Crippen molar-refractivity contribution in [3.05, 3.63) is 29.8 Å². The zero-order valence-electron chi connectivity index (χ0n) is 17.4. The van der Waals surface area contributed by atoms with Crippen molar-refractivity contribution in [3.8, 4) is 5.75 Å². The van der Waals surface area contributed by atoms with Crippen LogP contribution in [0.5, 0.6) is 5.75 Å². The Hall–Kier alpha value is -3.10. The lowest BCUT2D eigenvalue weighted by atomic mass is 10.0. The molecule has 1 aromatic rings. The van der Waals surface area contributed by atoms with Crippen molar-refractivity contribution in [2.75, 3.05) is 6.61 Å². The van der Waals surface area contributed by atoms with Crippen LogP contribution >= 0.6 is 0 Å². The fraction of sp³-hybridized carbons (Fsp3) is 0.500. The molecule has 29 heavy (non-hydrogen) atoms. The van der Waals surface area contributed by atoms with E-state index in [4.69, 9.17) is 15.2 Å². The summed E-state index contributed by atoms with van der Waals surface area (Å²) in [5.41, 5.74) is 5.30. The van der Waals surface area contributed by atoms with Crippen LogP contribution in [0.2, 0.25) is 0 Å². The van der Waals surface area contributed by atoms with Crippen molar-refractivity contribution in [2.45, 2.75) is 46.8 Å². The highest BCUT2D eigenvalue weighted by Crippen LogP contribution is 2.15. The molecule has 4 N–H and O–H groups in total. The third kappa shape index (κ3) is 7.44. The summed E-state index contributed by atoms with van der Waals surface area (Å²) in [5.74, 6) is -2.15. The molecular formula is C20H29N3O6. The predicted molar refractivity (Wildman–Crippen MR) is 106 cm³/mol. The summed E-state index contributed by atoms with van der Waals surface area (Å²) in [6, 6.07) is 4.45. The SMILES string of the molecule is CCOc1ccc(C(=O)N[C@H](C(=O)O[C@H](C(=O)NC(N)=O)C(C)C)C(C)C)cc1. The van der Waals surface area contributed by atoms with Gasteiger partial charge >= 0.3 is 12.0 Å². The Balaban J connectivity index is 2.89. The van der Waals surface area contributed by atoms with E-state index in [-0.39, 0.29) is 5.92 Å². The number of imide groups is 1. The van der Waals surface area contributed by atoms with Crippen molar-refractivity contribution in [1.29, 1.82) is 0 Å². The summed E-state index contributed by atoms with van der Waals surface area (Å²) in [7, 11) is 0. The number of hydrogen-bond donors (Lipinski definition) is 3. The Morgan fingerprint density at radius 2 is 1.59 bits per heavy atom. The van der Waals surface area contributed by atoms with Crippen LogP contribution in [0.1, 0.15) is 45.0 Å². The molecule has 0 radical (unpaired) electrons. The highest BCUT2D eigenvalue weighted by Gasteiger charge is 2.33. The van der Waals surface area contributed by atoms with E-state index < -0.39 is 41.9 Å². The van der Waals surface area contributed by atoms with Gasteiger partial charge in [-0.05, 0) is 43.0 Å². The molecule has 160 valence electrons. The third-order valence-corrected chi connectivity index (χ3v) is 3.99. The minimum Gasteiger partial charge on any atom is -0.494 e. The molecule has 4 amide bonds. The minimum absolute atomic E-state index is 0.304. The third-order valence-electron chi connectivity index (χ3n) is 3.99. The van der Waals surface area contributed by atoms with Gasteiger partial charge in [0.05, 0.1) is 6.61 Å². The summed E-state index contributed by atoms with van der Waals surface area (Å²) in [5, 5.41) is 4.53. The summed E-state index contributed by atoms with van der Waals surface area (Å²) in [6.45, 7) is 9.14. The number of rotatable bonds is 9. The van der Waals surface area contributed by atoms with Gasteiger partial charge in [0.15, 0.2) is 6.10 Å². The van der Waals surface area contributed by atoms with Crippen LogP contribution in [0.4, 0.5) is 4.79 Å². The number of hydrogen-bond acceptors (Lipinski definition) is 6. The first-order chi connectivity index (χ1) is 13.6. The number of esters is 1. The maximum absolute atomic E-state index is 12.6. The summed E-state index contributed by atoms with van der Waals surface area (Å²) < 4.78 is 10.6. The fourth-order valence-electron chi connectivity index (χ4n) is 2.47. The van der Waals surface area contributed by atoms with Crippen LogP contribution in [0.25, 0.3) is 0 Å². The van der Waals surface area contributed by atoms with E-state index in [1.54, 1.807) is 52.0 Å².